The van der Waals surface area contributed by atoms with Crippen molar-refractivity contribution in [3.05, 3.63) is 73.6 Å². The summed E-state index contributed by atoms with van der Waals surface area (Å²) in [6.45, 7) is 1.48. The number of esters is 1. The Morgan fingerprint density at radius 2 is 1.86 bits per heavy atom. The molecule has 0 aliphatic rings. The number of aryl methyl sites for hydroxylation is 1. The van der Waals surface area contributed by atoms with Gasteiger partial charge in [0.1, 0.15) is 12.2 Å². The van der Waals surface area contributed by atoms with Crippen molar-refractivity contribution in [3.63, 3.8) is 0 Å². The summed E-state index contributed by atoms with van der Waals surface area (Å²) in [5.41, 5.74) is 0.608. The number of primary sulfonamides is 1. The van der Waals surface area contributed by atoms with Crippen molar-refractivity contribution < 1.29 is 22.4 Å². The number of halogens is 2. The minimum atomic E-state index is -4.02. The molecule has 0 atom stereocenters. The van der Waals surface area contributed by atoms with Gasteiger partial charge in [0, 0.05) is 22.0 Å². The minimum absolute atomic E-state index is 0.00602. The summed E-state index contributed by atoms with van der Waals surface area (Å²) >= 11 is 12.1. The minimum Gasteiger partial charge on any atom is -0.457 e. The first-order chi connectivity index (χ1) is 13.1. The number of hydrogen-bond acceptors (Lipinski definition) is 6. The smallest absolute Gasteiger partial charge is 0.340 e. The highest BCUT2D eigenvalue weighted by molar-refractivity contribution is 7.89. The maximum Gasteiger partial charge on any atom is 0.340 e. The van der Waals surface area contributed by atoms with Gasteiger partial charge in [-0.2, -0.15) is 0 Å². The number of nitrogens with two attached hydrogens (primary N) is 1. The van der Waals surface area contributed by atoms with Crippen molar-refractivity contribution in [1.29, 1.82) is 0 Å². The molecule has 0 bridgehead atoms. The van der Waals surface area contributed by atoms with Crippen molar-refractivity contribution in [2.75, 3.05) is 0 Å². The van der Waals surface area contributed by atoms with E-state index in [1.54, 1.807) is 19.1 Å². The molecule has 0 aliphatic carbocycles. The largest absolute Gasteiger partial charge is 0.457 e. The normalized spacial score (nSPS) is 11.6. The van der Waals surface area contributed by atoms with Gasteiger partial charge in [0.25, 0.3) is 0 Å². The van der Waals surface area contributed by atoms with Gasteiger partial charge in [-0.1, -0.05) is 23.2 Å². The maximum atomic E-state index is 12.4. The van der Waals surface area contributed by atoms with Crippen molar-refractivity contribution in [1.82, 2.24) is 0 Å². The van der Waals surface area contributed by atoms with E-state index in [9.17, 15) is 18.0 Å². The van der Waals surface area contributed by atoms with Crippen molar-refractivity contribution in [2.45, 2.75) is 18.4 Å². The fourth-order valence-corrected chi connectivity index (χ4v) is 3.42. The summed E-state index contributed by atoms with van der Waals surface area (Å²) in [6, 6.07) is 7.83. The van der Waals surface area contributed by atoms with Crippen LogP contribution in [0.5, 0.6) is 0 Å². The monoisotopic (exact) mass is 441 g/mol. The molecule has 146 valence electrons. The van der Waals surface area contributed by atoms with Crippen LogP contribution >= 0.6 is 23.2 Å². The lowest BCUT2D eigenvalue weighted by atomic mass is 10.1. The van der Waals surface area contributed by atoms with Crippen LogP contribution in [-0.2, 0) is 21.4 Å². The van der Waals surface area contributed by atoms with Crippen LogP contribution in [-0.4, -0.2) is 14.4 Å². The molecule has 2 aromatic carbocycles. The molecule has 0 unspecified atom stereocenters. The van der Waals surface area contributed by atoms with Gasteiger partial charge in [0.05, 0.1) is 15.5 Å². The molecule has 7 nitrogen and oxygen atoms in total. The average Bonchev–Trinajstić information content (AvgIpc) is 2.60. The first kappa shape index (κ1) is 20.3. The van der Waals surface area contributed by atoms with Crippen LogP contribution in [0.15, 0.2) is 50.5 Å². The molecule has 0 saturated heterocycles. The Bertz CT molecular complexity index is 1270. The van der Waals surface area contributed by atoms with Gasteiger partial charge in [-0.3, -0.25) is 0 Å². The summed E-state index contributed by atoms with van der Waals surface area (Å²) < 4.78 is 33.3. The molecule has 0 saturated carbocycles. The molecule has 3 rings (SSSR count). The zero-order valence-electron chi connectivity index (χ0n) is 14.4. The van der Waals surface area contributed by atoms with E-state index in [4.69, 9.17) is 37.5 Å². The van der Waals surface area contributed by atoms with Crippen LogP contribution in [0.2, 0.25) is 10.0 Å². The molecule has 1 heterocycles. The lowest BCUT2D eigenvalue weighted by Crippen LogP contribution is -2.14. The second kappa shape index (κ2) is 7.56. The van der Waals surface area contributed by atoms with Gasteiger partial charge in [-0.15, -0.1) is 0 Å². The highest BCUT2D eigenvalue weighted by Crippen LogP contribution is 2.26. The molecule has 3 aromatic rings. The summed E-state index contributed by atoms with van der Waals surface area (Å²) in [6.07, 6.45) is 0. The van der Waals surface area contributed by atoms with Gasteiger partial charge in [-0.05, 0) is 42.8 Å². The molecule has 1 aromatic heterocycles. The van der Waals surface area contributed by atoms with E-state index in [1.165, 1.54) is 18.2 Å². The van der Waals surface area contributed by atoms with Crippen molar-refractivity contribution >= 4 is 50.2 Å². The number of benzene rings is 2. The first-order valence-corrected chi connectivity index (χ1v) is 10.1. The quantitative estimate of drug-likeness (QED) is 0.489. The van der Waals surface area contributed by atoms with Crippen LogP contribution in [0.25, 0.3) is 11.0 Å². The Kier molecular flexibility index (Phi) is 5.49. The van der Waals surface area contributed by atoms with Gasteiger partial charge in [0.15, 0.2) is 0 Å². The fourth-order valence-electron chi connectivity index (χ4n) is 2.53. The van der Waals surface area contributed by atoms with E-state index >= 15 is 0 Å². The molecule has 10 heteroatoms. The Balaban J connectivity index is 1.94. The van der Waals surface area contributed by atoms with E-state index in [1.807, 2.05) is 0 Å². The molecule has 28 heavy (non-hydrogen) atoms. The van der Waals surface area contributed by atoms with Gasteiger partial charge in [-0.25, -0.2) is 23.1 Å². The fraction of sp³-hybridized carbons (Fsp3) is 0.111. The zero-order chi connectivity index (χ0) is 20.6. The van der Waals surface area contributed by atoms with Crippen molar-refractivity contribution in [3.8, 4) is 0 Å². The third-order valence-corrected chi connectivity index (χ3v) is 5.60. The number of ether oxygens (including phenoxy) is 1. The average molecular weight is 442 g/mol. The van der Waals surface area contributed by atoms with E-state index in [0.29, 0.717) is 21.6 Å². The SMILES string of the molecule is Cc1cc2oc(=O)cc(COC(=O)c3cc(S(N)(=O)=O)ccc3Cl)c2cc1Cl. The number of rotatable bonds is 4. The van der Waals surface area contributed by atoms with E-state index < -0.39 is 21.6 Å². The molecule has 0 aliphatic heterocycles. The van der Waals surface area contributed by atoms with Gasteiger partial charge < -0.3 is 9.15 Å². The molecule has 2 N–H and O–H groups in total. The lowest BCUT2D eigenvalue weighted by molar-refractivity contribution is 0.0473. The van der Waals surface area contributed by atoms with E-state index in [2.05, 4.69) is 0 Å². The molecule has 0 fully saturated rings. The second-order valence-electron chi connectivity index (χ2n) is 5.95. The Labute approximate surface area is 169 Å². The molecular weight excluding hydrogens is 429 g/mol. The number of carbonyl (C=O) groups is 1. The molecule has 0 spiro atoms. The number of carbonyl (C=O) groups excluding carboxylic acids is 1. The lowest BCUT2D eigenvalue weighted by Gasteiger charge is -2.10. The molecule has 0 radical (unpaired) electrons. The Morgan fingerprint density at radius 3 is 2.54 bits per heavy atom. The van der Waals surface area contributed by atoms with Gasteiger partial charge in [0.2, 0.25) is 10.0 Å². The standard InChI is InChI=1S/C18H13Cl2NO6S/c1-9-4-16-12(7-15(9)20)10(5-17(22)27-16)8-26-18(23)13-6-11(28(21,24)25)2-3-14(13)19/h2-7H,8H2,1H3,(H2,21,24,25). The van der Waals surface area contributed by atoms with E-state index in [0.717, 1.165) is 11.6 Å². The van der Waals surface area contributed by atoms with Crippen LogP contribution in [0.1, 0.15) is 21.5 Å². The van der Waals surface area contributed by atoms with Gasteiger partial charge >= 0.3 is 11.6 Å². The summed E-state index contributed by atoms with van der Waals surface area (Å²) in [5.74, 6) is -0.880. The highest BCUT2D eigenvalue weighted by atomic mass is 35.5. The number of fused-ring (bicyclic) bond motifs is 1. The Hall–Kier alpha value is -2.39. The van der Waals surface area contributed by atoms with Crippen molar-refractivity contribution in [2.24, 2.45) is 5.14 Å². The predicted molar refractivity (Wildman–Crippen MR) is 104 cm³/mol. The molecule has 0 amide bonds. The van der Waals surface area contributed by atoms with Crippen LogP contribution in [0, 0.1) is 6.92 Å². The summed E-state index contributed by atoms with van der Waals surface area (Å²) in [5, 5.41) is 6.02. The van der Waals surface area contributed by atoms with E-state index in [-0.39, 0.29) is 22.1 Å². The second-order valence-corrected chi connectivity index (χ2v) is 8.33. The first-order valence-electron chi connectivity index (χ1n) is 7.78. The highest BCUT2D eigenvalue weighted by Gasteiger charge is 2.18. The number of hydrogen-bond donors (Lipinski definition) is 1. The van der Waals surface area contributed by atoms with Crippen LogP contribution in [0.4, 0.5) is 0 Å². The number of sulfonamides is 1. The zero-order valence-corrected chi connectivity index (χ0v) is 16.7. The third-order valence-electron chi connectivity index (χ3n) is 3.95. The topological polar surface area (TPSA) is 117 Å². The van der Waals surface area contributed by atoms with Crippen LogP contribution in [0.3, 0.4) is 0 Å². The Morgan fingerprint density at radius 1 is 1.14 bits per heavy atom. The molecular formula is C18H13Cl2NO6S. The maximum absolute atomic E-state index is 12.4. The summed E-state index contributed by atoms with van der Waals surface area (Å²) in [7, 11) is -4.02. The summed E-state index contributed by atoms with van der Waals surface area (Å²) in [4.78, 5) is 23.9. The predicted octanol–water partition coefficient (Wildman–Crippen LogP) is 3.41. The van der Waals surface area contributed by atoms with Crippen LogP contribution < -0.4 is 10.8 Å². The third kappa shape index (κ3) is 4.20.